The van der Waals surface area contributed by atoms with E-state index in [2.05, 4.69) is 10.1 Å². The van der Waals surface area contributed by atoms with Gasteiger partial charge in [-0.1, -0.05) is 0 Å². The maximum atomic E-state index is 13.1. The molecule has 28 heavy (non-hydrogen) atoms. The van der Waals surface area contributed by atoms with Crippen molar-refractivity contribution in [1.82, 2.24) is 9.62 Å². The molecule has 0 radical (unpaired) electrons. The highest BCUT2D eigenvalue weighted by molar-refractivity contribution is 7.89. The highest BCUT2D eigenvalue weighted by Gasteiger charge is 2.47. The highest BCUT2D eigenvalue weighted by atomic mass is 32.2. The van der Waals surface area contributed by atoms with Gasteiger partial charge in [0.15, 0.2) is 0 Å². The fourth-order valence-electron chi connectivity index (χ4n) is 4.11. The molecule has 0 saturated carbocycles. The Morgan fingerprint density at radius 1 is 1.25 bits per heavy atom. The topological polar surface area (TPSA) is 95.9 Å². The van der Waals surface area contributed by atoms with Gasteiger partial charge in [-0.15, -0.1) is 0 Å². The third-order valence-corrected chi connectivity index (χ3v) is 7.16. The number of hydrogen-bond donors (Lipinski definition) is 2. The quantitative estimate of drug-likeness (QED) is 0.705. The summed E-state index contributed by atoms with van der Waals surface area (Å²) in [6.45, 7) is -1.43. The van der Waals surface area contributed by atoms with Gasteiger partial charge in [0.2, 0.25) is 15.9 Å². The minimum Gasteiger partial charge on any atom is -0.435 e. The van der Waals surface area contributed by atoms with Crippen molar-refractivity contribution in [2.24, 2.45) is 0 Å². The fourth-order valence-corrected chi connectivity index (χ4v) is 6.01. The number of nitrogens with zero attached hydrogens (tertiary/aromatic N) is 1. The van der Waals surface area contributed by atoms with Gasteiger partial charge in [0, 0.05) is 18.1 Å². The number of hydrogen-bond acceptors (Lipinski definition) is 5. The highest BCUT2D eigenvalue weighted by Crippen LogP contribution is 2.40. The Labute approximate surface area is 162 Å². The third-order valence-electron chi connectivity index (χ3n) is 5.14. The second-order valence-corrected chi connectivity index (χ2v) is 9.20. The van der Waals surface area contributed by atoms with Crippen LogP contribution < -0.4 is 10.1 Å². The molecule has 2 bridgehead atoms. The molecule has 1 amide bonds. The lowest BCUT2D eigenvalue weighted by molar-refractivity contribution is -0.123. The average molecular weight is 418 g/mol. The van der Waals surface area contributed by atoms with E-state index in [4.69, 9.17) is 0 Å². The summed E-state index contributed by atoms with van der Waals surface area (Å²) in [7, 11) is -3.78. The van der Waals surface area contributed by atoms with Gasteiger partial charge >= 0.3 is 6.61 Å². The SMILES string of the molecule is CC(O)CC(=O)NC1C[C@H]2CC[C@@H](C1)N2S(=O)(=O)c1ccc(OC(F)F)cc1. The van der Waals surface area contributed by atoms with Crippen LogP contribution in [-0.2, 0) is 14.8 Å². The minimum atomic E-state index is -3.78. The molecule has 7 nitrogen and oxygen atoms in total. The van der Waals surface area contributed by atoms with Crippen LogP contribution in [0, 0.1) is 0 Å². The third kappa shape index (κ3) is 4.61. The maximum Gasteiger partial charge on any atom is 0.387 e. The number of rotatable bonds is 7. The van der Waals surface area contributed by atoms with Crippen molar-refractivity contribution in [3.05, 3.63) is 24.3 Å². The van der Waals surface area contributed by atoms with Gasteiger partial charge in [-0.3, -0.25) is 4.79 Å². The zero-order valence-corrected chi connectivity index (χ0v) is 16.2. The van der Waals surface area contributed by atoms with Crippen LogP contribution in [0.4, 0.5) is 8.78 Å². The molecule has 2 N–H and O–H groups in total. The molecule has 2 fully saturated rings. The molecule has 2 saturated heterocycles. The van der Waals surface area contributed by atoms with E-state index < -0.39 is 22.7 Å². The lowest BCUT2D eigenvalue weighted by Crippen LogP contribution is -2.52. The number of piperidine rings is 1. The van der Waals surface area contributed by atoms with Crippen molar-refractivity contribution in [2.75, 3.05) is 0 Å². The Kier molecular flexibility index (Phi) is 6.21. The molecule has 1 aromatic rings. The average Bonchev–Trinajstić information content (AvgIpc) is 2.86. The standard InChI is InChI=1S/C18H24F2N2O5S/c1-11(23)8-17(24)21-12-9-13-2-3-14(10-12)22(13)28(25,26)16-6-4-15(5-7-16)27-18(19)20/h4-7,11-14,18,23H,2-3,8-10H2,1H3,(H,21,24)/t11?,12?,13-,14+. The molecule has 10 heteroatoms. The first kappa shape index (κ1) is 20.9. The normalized spacial score (nSPS) is 26.2. The number of amides is 1. The van der Waals surface area contributed by atoms with E-state index in [1.807, 2.05) is 0 Å². The molecular weight excluding hydrogens is 394 g/mol. The molecule has 2 aliphatic rings. The van der Waals surface area contributed by atoms with Gasteiger partial charge in [0.25, 0.3) is 0 Å². The first-order valence-electron chi connectivity index (χ1n) is 9.22. The van der Waals surface area contributed by atoms with Crippen molar-refractivity contribution in [1.29, 1.82) is 0 Å². The summed E-state index contributed by atoms with van der Waals surface area (Å²) in [4.78, 5) is 11.9. The van der Waals surface area contributed by atoms with Gasteiger partial charge in [-0.05, 0) is 56.9 Å². The first-order valence-corrected chi connectivity index (χ1v) is 10.7. The predicted molar refractivity (Wildman–Crippen MR) is 96.4 cm³/mol. The molecule has 2 heterocycles. The van der Waals surface area contributed by atoms with E-state index in [-0.39, 0.29) is 41.1 Å². The van der Waals surface area contributed by atoms with Crippen LogP contribution in [0.2, 0.25) is 0 Å². The zero-order valence-electron chi connectivity index (χ0n) is 15.4. The lowest BCUT2D eigenvalue weighted by Gasteiger charge is -2.38. The number of aliphatic hydroxyl groups is 1. The van der Waals surface area contributed by atoms with Gasteiger partial charge < -0.3 is 15.2 Å². The Balaban J connectivity index is 1.70. The summed E-state index contributed by atoms with van der Waals surface area (Å²) in [6.07, 6.45) is 1.72. The Hall–Kier alpha value is -1.78. The van der Waals surface area contributed by atoms with Gasteiger partial charge in [-0.25, -0.2) is 8.42 Å². The van der Waals surface area contributed by atoms with Crippen molar-refractivity contribution in [2.45, 2.75) is 74.8 Å². The minimum absolute atomic E-state index is 0.0148. The number of aliphatic hydroxyl groups excluding tert-OH is 1. The van der Waals surface area contributed by atoms with Gasteiger partial charge in [0.05, 0.1) is 17.4 Å². The number of halogens is 2. The lowest BCUT2D eigenvalue weighted by atomic mass is 9.99. The molecule has 2 aliphatic heterocycles. The van der Waals surface area contributed by atoms with Crippen molar-refractivity contribution < 1.29 is 31.8 Å². The van der Waals surface area contributed by atoms with Crippen LogP contribution in [0.3, 0.4) is 0 Å². The molecule has 156 valence electrons. The number of benzene rings is 1. The molecule has 2 unspecified atom stereocenters. The van der Waals surface area contributed by atoms with Crippen LogP contribution in [0.15, 0.2) is 29.2 Å². The van der Waals surface area contributed by atoms with Gasteiger partial charge in [0.1, 0.15) is 5.75 Å². The smallest absolute Gasteiger partial charge is 0.387 e. The Bertz CT molecular complexity index is 787. The second-order valence-electron chi connectivity index (χ2n) is 7.36. The Morgan fingerprint density at radius 2 is 1.82 bits per heavy atom. The van der Waals surface area contributed by atoms with Crippen molar-refractivity contribution in [3.8, 4) is 5.75 Å². The monoisotopic (exact) mass is 418 g/mol. The number of sulfonamides is 1. The van der Waals surface area contributed by atoms with Crippen LogP contribution in [0.25, 0.3) is 0 Å². The van der Waals surface area contributed by atoms with Crippen LogP contribution >= 0.6 is 0 Å². The summed E-state index contributed by atoms with van der Waals surface area (Å²) in [6, 6.07) is 4.38. The Morgan fingerprint density at radius 3 is 2.32 bits per heavy atom. The van der Waals surface area contributed by atoms with E-state index in [1.54, 1.807) is 0 Å². The molecule has 3 rings (SSSR count). The molecule has 4 atom stereocenters. The molecule has 0 spiro atoms. The largest absolute Gasteiger partial charge is 0.435 e. The van der Waals surface area contributed by atoms with E-state index in [9.17, 15) is 27.1 Å². The number of carbonyl (C=O) groups excluding carboxylic acids is 1. The van der Waals surface area contributed by atoms with Crippen LogP contribution in [-0.4, -0.2) is 54.6 Å². The van der Waals surface area contributed by atoms with E-state index in [0.29, 0.717) is 25.7 Å². The van der Waals surface area contributed by atoms with E-state index in [0.717, 1.165) is 0 Å². The molecule has 0 aliphatic carbocycles. The molecular formula is C18H24F2N2O5S. The molecule has 0 aromatic heterocycles. The summed E-state index contributed by atoms with van der Waals surface area (Å²) in [5, 5.41) is 12.2. The van der Waals surface area contributed by atoms with Crippen LogP contribution in [0.1, 0.15) is 39.0 Å². The number of carbonyl (C=O) groups is 1. The summed E-state index contributed by atoms with van der Waals surface area (Å²) in [5.74, 6) is -0.346. The van der Waals surface area contributed by atoms with Crippen LogP contribution in [0.5, 0.6) is 5.75 Å². The van der Waals surface area contributed by atoms with Crippen molar-refractivity contribution in [3.63, 3.8) is 0 Å². The predicted octanol–water partition coefficient (Wildman–Crippen LogP) is 1.86. The first-order chi connectivity index (χ1) is 13.2. The van der Waals surface area contributed by atoms with Crippen molar-refractivity contribution >= 4 is 15.9 Å². The number of ether oxygens (including phenoxy) is 1. The number of alkyl halides is 2. The number of nitrogens with one attached hydrogen (secondary N) is 1. The second kappa shape index (κ2) is 8.30. The van der Waals surface area contributed by atoms with E-state index >= 15 is 0 Å². The summed E-state index contributed by atoms with van der Waals surface area (Å²) in [5.41, 5.74) is 0. The summed E-state index contributed by atoms with van der Waals surface area (Å²) < 4.78 is 56.4. The number of fused-ring (bicyclic) bond motifs is 2. The zero-order chi connectivity index (χ0) is 20.5. The summed E-state index contributed by atoms with van der Waals surface area (Å²) >= 11 is 0. The molecule has 1 aromatic carbocycles. The van der Waals surface area contributed by atoms with E-state index in [1.165, 1.54) is 35.5 Å². The fraction of sp³-hybridized carbons (Fsp3) is 0.611. The maximum absolute atomic E-state index is 13.1. The van der Waals surface area contributed by atoms with Gasteiger partial charge in [-0.2, -0.15) is 13.1 Å².